The number of benzene rings is 1. The monoisotopic (exact) mass is 267 g/mol. The summed E-state index contributed by atoms with van der Waals surface area (Å²) in [6.45, 7) is 1.30. The van der Waals surface area contributed by atoms with E-state index in [-0.39, 0.29) is 5.82 Å². The van der Waals surface area contributed by atoms with Gasteiger partial charge in [-0.2, -0.15) is 0 Å². The van der Waals surface area contributed by atoms with Crippen molar-refractivity contribution in [1.29, 1.82) is 0 Å². The van der Waals surface area contributed by atoms with Gasteiger partial charge in [-0.1, -0.05) is 11.6 Å². The lowest BCUT2D eigenvalue weighted by atomic mass is 10.2. The van der Waals surface area contributed by atoms with Crippen LogP contribution >= 0.6 is 11.6 Å². The Morgan fingerprint density at radius 1 is 1.39 bits per heavy atom. The summed E-state index contributed by atoms with van der Waals surface area (Å²) < 4.78 is 13.4. The van der Waals surface area contributed by atoms with Gasteiger partial charge in [-0.25, -0.2) is 9.37 Å². The van der Waals surface area contributed by atoms with Gasteiger partial charge in [-0.15, -0.1) is 0 Å². The van der Waals surface area contributed by atoms with Crippen molar-refractivity contribution < 1.29 is 4.39 Å². The number of rotatable bonds is 6. The number of nitrogens with one attached hydrogen (secondary N) is 2. The Kier molecular flexibility index (Phi) is 4.73. The van der Waals surface area contributed by atoms with Crippen LogP contribution in [-0.2, 0) is 13.0 Å². The molecule has 0 unspecified atom stereocenters. The number of H-pyrrole nitrogens is 1. The average Bonchev–Trinajstić information content (AvgIpc) is 2.86. The van der Waals surface area contributed by atoms with Crippen LogP contribution in [0.3, 0.4) is 0 Å². The molecule has 5 heteroatoms. The summed E-state index contributed by atoms with van der Waals surface area (Å²) in [5.41, 5.74) is 0.598. The van der Waals surface area contributed by atoms with Gasteiger partial charge in [0.2, 0.25) is 0 Å². The molecule has 1 heterocycles. The second-order valence-corrected chi connectivity index (χ2v) is 4.49. The number of aryl methyl sites for hydroxylation is 1. The molecule has 0 bridgehead atoms. The van der Waals surface area contributed by atoms with Gasteiger partial charge in [0.1, 0.15) is 11.6 Å². The molecule has 0 aliphatic rings. The number of halogens is 2. The van der Waals surface area contributed by atoms with E-state index in [0.29, 0.717) is 17.1 Å². The van der Waals surface area contributed by atoms with Gasteiger partial charge in [-0.3, -0.25) is 0 Å². The van der Waals surface area contributed by atoms with Crippen LogP contribution in [0.5, 0.6) is 0 Å². The van der Waals surface area contributed by atoms with Crippen molar-refractivity contribution in [3.8, 4) is 0 Å². The predicted octanol–water partition coefficient (Wildman–Crippen LogP) is 2.92. The second-order valence-electron chi connectivity index (χ2n) is 4.05. The van der Waals surface area contributed by atoms with E-state index in [0.717, 1.165) is 25.2 Å². The highest BCUT2D eigenvalue weighted by Crippen LogP contribution is 2.14. The molecule has 3 nitrogen and oxygen atoms in total. The summed E-state index contributed by atoms with van der Waals surface area (Å²) in [5, 5.41) is 3.75. The minimum atomic E-state index is -0.224. The number of hydrogen-bond acceptors (Lipinski definition) is 2. The molecule has 0 atom stereocenters. The first kappa shape index (κ1) is 13.1. The molecule has 0 aliphatic heterocycles. The number of imidazole rings is 1. The molecule has 96 valence electrons. The van der Waals surface area contributed by atoms with Gasteiger partial charge < -0.3 is 10.3 Å². The second kappa shape index (κ2) is 6.52. The van der Waals surface area contributed by atoms with Crippen molar-refractivity contribution in [2.45, 2.75) is 19.4 Å². The molecule has 1 aromatic carbocycles. The summed E-state index contributed by atoms with van der Waals surface area (Å²) in [5.74, 6) is 0.753. The molecule has 0 amide bonds. The summed E-state index contributed by atoms with van der Waals surface area (Å²) in [7, 11) is 0. The highest BCUT2D eigenvalue weighted by molar-refractivity contribution is 6.30. The predicted molar refractivity (Wildman–Crippen MR) is 70.0 cm³/mol. The Morgan fingerprint density at radius 3 is 3.06 bits per heavy atom. The number of hydrogen-bond donors (Lipinski definition) is 2. The molecule has 2 N–H and O–H groups in total. The van der Waals surface area contributed by atoms with Gasteiger partial charge in [-0.05, 0) is 31.2 Å². The molecular weight excluding hydrogens is 253 g/mol. The zero-order chi connectivity index (χ0) is 12.8. The maximum Gasteiger partial charge on any atom is 0.127 e. The van der Waals surface area contributed by atoms with E-state index >= 15 is 0 Å². The van der Waals surface area contributed by atoms with Crippen LogP contribution in [0, 0.1) is 5.82 Å². The first-order valence-electron chi connectivity index (χ1n) is 5.88. The third-order valence-electron chi connectivity index (χ3n) is 2.65. The van der Waals surface area contributed by atoms with Crippen molar-refractivity contribution in [2.24, 2.45) is 0 Å². The number of aromatic amines is 1. The highest BCUT2D eigenvalue weighted by atomic mass is 35.5. The molecule has 1 aromatic heterocycles. The van der Waals surface area contributed by atoms with Crippen molar-refractivity contribution >= 4 is 11.6 Å². The van der Waals surface area contributed by atoms with Gasteiger partial charge in [0.25, 0.3) is 0 Å². The van der Waals surface area contributed by atoms with Crippen LogP contribution in [0.2, 0.25) is 5.02 Å². The summed E-state index contributed by atoms with van der Waals surface area (Å²) >= 11 is 5.82. The summed E-state index contributed by atoms with van der Waals surface area (Å²) in [6, 6.07) is 4.59. The van der Waals surface area contributed by atoms with Crippen molar-refractivity contribution in [1.82, 2.24) is 15.3 Å². The molecular formula is C13H15ClFN3. The maximum absolute atomic E-state index is 13.4. The van der Waals surface area contributed by atoms with Crippen LogP contribution in [0.4, 0.5) is 4.39 Å². The minimum Gasteiger partial charge on any atom is -0.349 e. The quantitative estimate of drug-likeness (QED) is 0.790. The molecule has 0 radical (unpaired) electrons. The lowest BCUT2D eigenvalue weighted by Crippen LogP contribution is -2.16. The molecule has 0 aliphatic carbocycles. The SMILES string of the molecule is Fc1ccc(Cl)cc1CNCCCc1ncc[nH]1. The third-order valence-corrected chi connectivity index (χ3v) is 2.88. The lowest BCUT2D eigenvalue weighted by Gasteiger charge is -2.06. The third kappa shape index (κ3) is 3.82. The summed E-state index contributed by atoms with van der Waals surface area (Å²) in [4.78, 5) is 7.18. The van der Waals surface area contributed by atoms with E-state index in [2.05, 4.69) is 15.3 Å². The molecule has 18 heavy (non-hydrogen) atoms. The maximum atomic E-state index is 13.4. The Balaban J connectivity index is 1.70. The normalized spacial score (nSPS) is 10.8. The smallest absolute Gasteiger partial charge is 0.127 e. The Bertz CT molecular complexity index is 485. The zero-order valence-electron chi connectivity index (χ0n) is 9.92. The first-order valence-corrected chi connectivity index (χ1v) is 6.26. The highest BCUT2D eigenvalue weighted by Gasteiger charge is 2.02. The molecule has 2 aromatic rings. The van der Waals surface area contributed by atoms with Gasteiger partial charge >= 0.3 is 0 Å². The van der Waals surface area contributed by atoms with E-state index in [1.54, 1.807) is 18.3 Å². The Hall–Kier alpha value is -1.39. The minimum absolute atomic E-state index is 0.224. The zero-order valence-corrected chi connectivity index (χ0v) is 10.7. The molecule has 0 fully saturated rings. The van der Waals surface area contributed by atoms with E-state index in [1.165, 1.54) is 6.07 Å². The fraction of sp³-hybridized carbons (Fsp3) is 0.308. The van der Waals surface area contributed by atoms with E-state index in [9.17, 15) is 4.39 Å². The fourth-order valence-corrected chi connectivity index (χ4v) is 1.91. The Morgan fingerprint density at radius 2 is 2.28 bits per heavy atom. The average molecular weight is 268 g/mol. The summed E-state index contributed by atoms with van der Waals surface area (Å²) in [6.07, 6.45) is 5.39. The van der Waals surface area contributed by atoms with Gasteiger partial charge in [0.15, 0.2) is 0 Å². The van der Waals surface area contributed by atoms with Crippen molar-refractivity contribution in [3.63, 3.8) is 0 Å². The largest absolute Gasteiger partial charge is 0.349 e. The molecule has 0 spiro atoms. The van der Waals surface area contributed by atoms with Crippen LogP contribution in [0.15, 0.2) is 30.6 Å². The van der Waals surface area contributed by atoms with Crippen LogP contribution in [0.25, 0.3) is 0 Å². The Labute approximate surface area is 110 Å². The van der Waals surface area contributed by atoms with E-state index in [1.807, 2.05) is 6.20 Å². The van der Waals surface area contributed by atoms with Crippen LogP contribution in [0.1, 0.15) is 17.8 Å². The van der Waals surface area contributed by atoms with Crippen molar-refractivity contribution in [3.05, 3.63) is 52.8 Å². The van der Waals surface area contributed by atoms with Crippen molar-refractivity contribution in [2.75, 3.05) is 6.54 Å². The molecule has 0 saturated heterocycles. The topological polar surface area (TPSA) is 40.7 Å². The lowest BCUT2D eigenvalue weighted by molar-refractivity contribution is 0.580. The standard InChI is InChI=1S/C13H15ClFN3/c14-11-3-4-12(15)10(8-11)9-16-5-1-2-13-17-6-7-18-13/h3-4,6-8,16H,1-2,5,9H2,(H,17,18). The molecule has 2 rings (SSSR count). The van der Waals surface area contributed by atoms with E-state index < -0.39 is 0 Å². The fourth-order valence-electron chi connectivity index (χ4n) is 1.72. The number of nitrogens with zero attached hydrogens (tertiary/aromatic N) is 1. The van der Waals surface area contributed by atoms with Crippen LogP contribution < -0.4 is 5.32 Å². The first-order chi connectivity index (χ1) is 8.75. The number of aromatic nitrogens is 2. The van der Waals surface area contributed by atoms with Gasteiger partial charge in [0.05, 0.1) is 0 Å². The van der Waals surface area contributed by atoms with Crippen LogP contribution in [-0.4, -0.2) is 16.5 Å². The van der Waals surface area contributed by atoms with E-state index in [4.69, 9.17) is 11.6 Å². The van der Waals surface area contributed by atoms with Gasteiger partial charge in [0, 0.05) is 35.9 Å². The molecule has 0 saturated carbocycles.